The van der Waals surface area contributed by atoms with Gasteiger partial charge in [0.15, 0.2) is 11.5 Å². The number of amides is 1. The van der Waals surface area contributed by atoms with E-state index in [0.717, 1.165) is 15.4 Å². The SMILES string of the molecule is CN(C)S(=O)(=O)C[C@@H]1CN(C(=O)c2ncc(F)cc2F)C[C@H]1O. The van der Waals surface area contributed by atoms with Crippen LogP contribution in [0.2, 0.25) is 0 Å². The van der Waals surface area contributed by atoms with Gasteiger partial charge in [-0.3, -0.25) is 4.79 Å². The summed E-state index contributed by atoms with van der Waals surface area (Å²) in [6.07, 6.45) is -0.325. The zero-order valence-electron chi connectivity index (χ0n) is 12.6. The molecule has 1 aromatic heterocycles. The number of carbonyl (C=O) groups is 1. The lowest BCUT2D eigenvalue weighted by atomic mass is 10.1. The minimum Gasteiger partial charge on any atom is -0.391 e. The van der Waals surface area contributed by atoms with E-state index in [1.165, 1.54) is 14.1 Å². The molecule has 1 aliphatic rings. The van der Waals surface area contributed by atoms with Crippen LogP contribution in [0.3, 0.4) is 0 Å². The molecule has 0 aromatic carbocycles. The number of sulfonamides is 1. The van der Waals surface area contributed by atoms with Gasteiger partial charge in [-0.2, -0.15) is 0 Å². The van der Waals surface area contributed by atoms with E-state index in [2.05, 4.69) is 4.98 Å². The van der Waals surface area contributed by atoms with Crippen LogP contribution in [0.15, 0.2) is 12.3 Å². The number of aliphatic hydroxyl groups excluding tert-OH is 1. The van der Waals surface area contributed by atoms with Crippen molar-refractivity contribution in [3.63, 3.8) is 0 Å². The molecule has 1 N–H and O–H groups in total. The van der Waals surface area contributed by atoms with Crippen LogP contribution in [-0.2, 0) is 10.0 Å². The lowest BCUT2D eigenvalue weighted by Crippen LogP contribution is -2.34. The van der Waals surface area contributed by atoms with Crippen molar-refractivity contribution in [1.82, 2.24) is 14.2 Å². The lowest BCUT2D eigenvalue weighted by molar-refractivity contribution is 0.0753. The summed E-state index contributed by atoms with van der Waals surface area (Å²) in [5, 5.41) is 9.96. The number of hydrogen-bond donors (Lipinski definition) is 1. The Morgan fingerprint density at radius 2 is 2.09 bits per heavy atom. The Kier molecular flexibility index (Phi) is 4.97. The highest BCUT2D eigenvalue weighted by Gasteiger charge is 2.38. The first-order chi connectivity index (χ1) is 10.6. The molecule has 23 heavy (non-hydrogen) atoms. The molecule has 1 saturated heterocycles. The third-order valence-electron chi connectivity index (χ3n) is 3.69. The van der Waals surface area contributed by atoms with Crippen molar-refractivity contribution in [2.24, 2.45) is 5.92 Å². The third kappa shape index (κ3) is 3.82. The average Bonchev–Trinajstić information content (AvgIpc) is 2.78. The molecule has 2 atom stereocenters. The number of aromatic nitrogens is 1. The first kappa shape index (κ1) is 17.7. The number of carbonyl (C=O) groups excluding carboxylic acids is 1. The van der Waals surface area contributed by atoms with Gasteiger partial charge in [-0.15, -0.1) is 0 Å². The summed E-state index contributed by atoms with van der Waals surface area (Å²) < 4.78 is 51.2. The summed E-state index contributed by atoms with van der Waals surface area (Å²) in [4.78, 5) is 16.7. The second-order valence-electron chi connectivity index (χ2n) is 5.58. The number of halogens is 2. The van der Waals surface area contributed by atoms with Gasteiger partial charge in [0.2, 0.25) is 10.0 Å². The summed E-state index contributed by atoms with van der Waals surface area (Å²) >= 11 is 0. The van der Waals surface area contributed by atoms with Gasteiger partial charge in [-0.25, -0.2) is 26.5 Å². The van der Waals surface area contributed by atoms with Crippen molar-refractivity contribution in [3.05, 3.63) is 29.6 Å². The first-order valence-corrected chi connectivity index (χ1v) is 8.41. The standard InChI is InChI=1S/C13H17F2N3O4S/c1-17(2)23(21,22)7-8-5-18(6-11(8)19)13(20)12-10(15)3-9(14)4-16-12/h3-4,8,11,19H,5-7H2,1-2H3/t8-,11+/m0/s1. The number of nitrogens with zero attached hydrogens (tertiary/aromatic N) is 3. The van der Waals surface area contributed by atoms with Gasteiger partial charge in [0.25, 0.3) is 5.91 Å². The number of likely N-dealkylation sites (tertiary alicyclic amines) is 1. The normalized spacial score (nSPS) is 21.9. The van der Waals surface area contributed by atoms with Gasteiger partial charge in [0.1, 0.15) is 5.82 Å². The molecule has 1 aliphatic heterocycles. The maximum absolute atomic E-state index is 13.6. The average molecular weight is 349 g/mol. The van der Waals surface area contributed by atoms with E-state index in [1.54, 1.807) is 0 Å². The van der Waals surface area contributed by atoms with E-state index in [4.69, 9.17) is 0 Å². The first-order valence-electron chi connectivity index (χ1n) is 6.80. The molecule has 128 valence electrons. The maximum Gasteiger partial charge on any atom is 0.275 e. The Balaban J connectivity index is 2.13. The Morgan fingerprint density at radius 3 is 2.65 bits per heavy atom. The Labute approximate surface area is 132 Å². The van der Waals surface area contributed by atoms with E-state index in [-0.39, 0.29) is 18.8 Å². The second kappa shape index (κ2) is 6.46. The Hall–Kier alpha value is -1.65. The minimum atomic E-state index is -3.55. The van der Waals surface area contributed by atoms with Crippen LogP contribution < -0.4 is 0 Å². The Bertz CT molecular complexity index is 711. The summed E-state index contributed by atoms with van der Waals surface area (Å²) in [6, 6.07) is 0.542. The van der Waals surface area contributed by atoms with Crippen molar-refractivity contribution in [3.8, 4) is 0 Å². The monoisotopic (exact) mass is 349 g/mol. The molecule has 0 saturated carbocycles. The molecule has 0 aliphatic carbocycles. The number of rotatable bonds is 4. The Morgan fingerprint density at radius 1 is 1.43 bits per heavy atom. The summed E-state index contributed by atoms with van der Waals surface area (Å²) in [7, 11) is -0.801. The highest BCUT2D eigenvalue weighted by Crippen LogP contribution is 2.22. The molecule has 0 radical (unpaired) electrons. The number of pyridine rings is 1. The molecular weight excluding hydrogens is 332 g/mol. The highest BCUT2D eigenvalue weighted by atomic mass is 32.2. The quantitative estimate of drug-likeness (QED) is 0.805. The lowest BCUT2D eigenvalue weighted by Gasteiger charge is -2.18. The predicted octanol–water partition coefficient (Wildman–Crippen LogP) is -0.316. The van der Waals surface area contributed by atoms with E-state index >= 15 is 0 Å². The molecule has 1 fully saturated rings. The van der Waals surface area contributed by atoms with E-state index in [1.807, 2.05) is 0 Å². The largest absolute Gasteiger partial charge is 0.391 e. The fourth-order valence-electron chi connectivity index (χ4n) is 2.33. The molecular formula is C13H17F2N3O4S. The second-order valence-corrected chi connectivity index (χ2v) is 7.81. The third-order valence-corrected chi connectivity index (χ3v) is 5.65. The van der Waals surface area contributed by atoms with Crippen molar-refractivity contribution < 1.29 is 27.1 Å². The minimum absolute atomic E-state index is 0.0500. The van der Waals surface area contributed by atoms with Crippen LogP contribution in [0.4, 0.5) is 8.78 Å². The molecule has 1 amide bonds. The predicted molar refractivity (Wildman–Crippen MR) is 77.0 cm³/mol. The molecule has 0 spiro atoms. The summed E-state index contributed by atoms with van der Waals surface area (Å²) in [5.41, 5.74) is -0.560. The van der Waals surface area contributed by atoms with Crippen LogP contribution in [0.25, 0.3) is 0 Å². The van der Waals surface area contributed by atoms with Crippen LogP contribution in [0, 0.1) is 17.6 Å². The van der Waals surface area contributed by atoms with Crippen molar-refractivity contribution in [2.75, 3.05) is 32.9 Å². The molecule has 7 nitrogen and oxygen atoms in total. The molecule has 2 heterocycles. The van der Waals surface area contributed by atoms with Crippen LogP contribution in [0.1, 0.15) is 10.5 Å². The van der Waals surface area contributed by atoms with Crippen molar-refractivity contribution >= 4 is 15.9 Å². The number of hydrogen-bond acceptors (Lipinski definition) is 5. The molecule has 0 unspecified atom stereocenters. The fourth-order valence-corrected chi connectivity index (χ4v) is 3.49. The topological polar surface area (TPSA) is 90.8 Å². The van der Waals surface area contributed by atoms with Crippen LogP contribution in [-0.4, -0.2) is 72.7 Å². The smallest absolute Gasteiger partial charge is 0.275 e. The molecule has 0 bridgehead atoms. The summed E-state index contributed by atoms with van der Waals surface area (Å²) in [5.74, 6) is -3.84. The molecule has 2 rings (SSSR count). The van der Waals surface area contributed by atoms with Gasteiger partial charge >= 0.3 is 0 Å². The van der Waals surface area contributed by atoms with E-state index in [9.17, 15) is 27.1 Å². The zero-order chi connectivity index (χ0) is 17.4. The number of β-amino-alcohol motifs (C(OH)–C–C–N with tert-alkyl or cyclic N) is 1. The number of aliphatic hydroxyl groups is 1. The highest BCUT2D eigenvalue weighted by molar-refractivity contribution is 7.89. The van der Waals surface area contributed by atoms with Crippen LogP contribution >= 0.6 is 0 Å². The molecule has 10 heteroatoms. The van der Waals surface area contributed by atoms with Gasteiger partial charge in [-0.1, -0.05) is 0 Å². The van der Waals surface area contributed by atoms with Gasteiger partial charge in [0, 0.05) is 39.2 Å². The van der Waals surface area contributed by atoms with Gasteiger partial charge in [0.05, 0.1) is 18.1 Å². The zero-order valence-corrected chi connectivity index (χ0v) is 13.4. The summed E-state index contributed by atoms with van der Waals surface area (Å²) in [6.45, 7) is -0.184. The van der Waals surface area contributed by atoms with E-state index < -0.39 is 45.3 Å². The fraction of sp³-hybridized carbons (Fsp3) is 0.538. The van der Waals surface area contributed by atoms with Crippen LogP contribution in [0.5, 0.6) is 0 Å². The van der Waals surface area contributed by atoms with Gasteiger partial charge in [-0.05, 0) is 0 Å². The van der Waals surface area contributed by atoms with Crippen molar-refractivity contribution in [1.29, 1.82) is 0 Å². The van der Waals surface area contributed by atoms with Gasteiger partial charge < -0.3 is 10.0 Å². The van der Waals surface area contributed by atoms with Crippen molar-refractivity contribution in [2.45, 2.75) is 6.10 Å². The molecule has 1 aromatic rings. The maximum atomic E-state index is 13.6. The van der Waals surface area contributed by atoms with E-state index in [0.29, 0.717) is 6.07 Å².